The fourth-order valence-corrected chi connectivity index (χ4v) is 1.69. The molecule has 1 aromatic rings. The summed E-state index contributed by atoms with van der Waals surface area (Å²) in [6.45, 7) is 0. The summed E-state index contributed by atoms with van der Waals surface area (Å²) in [5, 5.41) is 0. The first-order valence-electron chi connectivity index (χ1n) is 4.33. The lowest BCUT2D eigenvalue weighted by Gasteiger charge is -2.16. The van der Waals surface area contributed by atoms with Crippen molar-refractivity contribution in [2.24, 2.45) is 0 Å². The zero-order valence-electron chi connectivity index (χ0n) is 8.43. The van der Waals surface area contributed by atoms with Crippen LogP contribution in [0.1, 0.15) is 0 Å². The minimum Gasteiger partial charge on any atom is -0.399 e. The van der Waals surface area contributed by atoms with E-state index in [0.29, 0.717) is 0 Å². The highest BCUT2D eigenvalue weighted by atomic mass is 31.2. The molecule has 0 aliphatic carbocycles. The van der Waals surface area contributed by atoms with Gasteiger partial charge in [0, 0.05) is 0 Å². The second-order valence-corrected chi connectivity index (χ2v) is 4.25. The molecule has 0 aromatic heterocycles. The molecule has 4 nitrogen and oxygen atoms in total. The first-order chi connectivity index (χ1) is 8.38. The molecule has 10 heteroatoms. The van der Waals surface area contributed by atoms with Crippen molar-refractivity contribution >= 4 is 7.82 Å². The molecule has 0 aliphatic heterocycles. The van der Waals surface area contributed by atoms with Gasteiger partial charge in [0.15, 0.2) is 11.6 Å². The molecule has 0 heterocycles. The van der Waals surface area contributed by atoms with E-state index in [0.717, 1.165) is 12.1 Å². The molecule has 0 N–H and O–H groups in total. The summed E-state index contributed by atoms with van der Waals surface area (Å²) in [6, 6.07) is 4.17. The van der Waals surface area contributed by atoms with Crippen LogP contribution < -0.4 is 4.52 Å². The lowest BCUT2D eigenvalue weighted by Crippen LogP contribution is -2.16. The fourth-order valence-electron chi connectivity index (χ4n) is 0.860. The summed E-state index contributed by atoms with van der Waals surface area (Å²) in [7, 11) is -5.32. The second kappa shape index (κ2) is 6.12. The third-order valence-corrected chi connectivity index (χ3v) is 2.61. The summed E-state index contributed by atoms with van der Waals surface area (Å²) < 4.78 is 82.5. The first kappa shape index (κ1) is 14.9. The van der Waals surface area contributed by atoms with Crippen LogP contribution in [0.25, 0.3) is 0 Å². The molecule has 1 rings (SSSR count). The van der Waals surface area contributed by atoms with Gasteiger partial charge >= 0.3 is 7.82 Å². The summed E-state index contributed by atoms with van der Waals surface area (Å²) in [4.78, 5) is 0. The number of hydrogen-bond donors (Lipinski definition) is 0. The fraction of sp³-hybridized carbons (Fsp3) is 0.250. The van der Waals surface area contributed by atoms with E-state index in [1.54, 1.807) is 0 Å². The Labute approximate surface area is 97.8 Å². The Morgan fingerprint density at radius 3 is 2.28 bits per heavy atom. The van der Waals surface area contributed by atoms with Gasteiger partial charge < -0.3 is 4.52 Å². The van der Waals surface area contributed by atoms with Crippen LogP contribution in [-0.2, 0) is 13.8 Å². The quantitative estimate of drug-likeness (QED) is 0.591. The maximum absolute atomic E-state index is 13.0. The number of phosphoric acid groups is 1. The molecule has 0 bridgehead atoms. The van der Waals surface area contributed by atoms with Crippen molar-refractivity contribution in [2.45, 2.75) is 12.8 Å². The molecular formula is C8H6F5O4P. The smallest absolute Gasteiger partial charge is 0.399 e. The zero-order valence-corrected chi connectivity index (χ0v) is 9.33. The average molecular weight is 292 g/mol. The third kappa shape index (κ3) is 3.94. The Hall–Kier alpha value is -1.18. The van der Waals surface area contributed by atoms with Gasteiger partial charge in [-0.05, 0) is 16.7 Å². The van der Waals surface area contributed by atoms with Gasteiger partial charge in [0.2, 0.25) is 0 Å². The van der Waals surface area contributed by atoms with Crippen LogP contribution in [0.5, 0.6) is 5.75 Å². The van der Waals surface area contributed by atoms with Crippen LogP contribution in [0.2, 0.25) is 0 Å². The van der Waals surface area contributed by atoms with Crippen LogP contribution in [-0.4, -0.2) is 12.8 Å². The van der Waals surface area contributed by atoms with E-state index in [9.17, 15) is 26.7 Å². The van der Waals surface area contributed by atoms with Gasteiger partial charge in [0.05, 0.1) is 0 Å². The first-order valence-corrected chi connectivity index (χ1v) is 5.79. The topological polar surface area (TPSA) is 44.8 Å². The highest BCUT2D eigenvalue weighted by Gasteiger charge is 2.38. The molecule has 0 amide bonds. The van der Waals surface area contributed by atoms with E-state index in [2.05, 4.69) is 13.8 Å². The van der Waals surface area contributed by atoms with Crippen LogP contribution in [0, 0.1) is 5.82 Å². The van der Waals surface area contributed by atoms with Gasteiger partial charge in [-0.2, -0.15) is 0 Å². The van der Waals surface area contributed by atoms with Crippen molar-refractivity contribution in [3.63, 3.8) is 0 Å². The summed E-state index contributed by atoms with van der Waals surface area (Å²) in [5.41, 5.74) is 0. The van der Waals surface area contributed by atoms with Crippen LogP contribution in [0.15, 0.2) is 24.3 Å². The number of hydrogen-bond acceptors (Lipinski definition) is 4. The van der Waals surface area contributed by atoms with Crippen molar-refractivity contribution in [3.05, 3.63) is 30.1 Å². The monoisotopic (exact) mass is 292 g/mol. The Kier molecular flexibility index (Phi) is 5.06. The van der Waals surface area contributed by atoms with E-state index >= 15 is 0 Å². The maximum Gasteiger partial charge on any atom is 0.564 e. The van der Waals surface area contributed by atoms with Crippen molar-refractivity contribution in [3.8, 4) is 5.75 Å². The molecule has 2 unspecified atom stereocenters. The molecule has 0 radical (unpaired) electrons. The highest BCUT2D eigenvalue weighted by molar-refractivity contribution is 7.48. The Morgan fingerprint density at radius 2 is 1.78 bits per heavy atom. The molecule has 18 heavy (non-hydrogen) atoms. The van der Waals surface area contributed by atoms with E-state index in [-0.39, 0.29) is 0 Å². The van der Waals surface area contributed by atoms with Crippen molar-refractivity contribution in [1.82, 2.24) is 0 Å². The lowest BCUT2D eigenvalue weighted by atomic mass is 10.3. The number of para-hydroxylation sites is 1. The van der Waals surface area contributed by atoms with Gasteiger partial charge in [0.1, 0.15) is 0 Å². The molecule has 2 atom stereocenters. The second-order valence-electron chi connectivity index (χ2n) is 2.83. The van der Waals surface area contributed by atoms with E-state index in [1.807, 2.05) is 0 Å². The normalized spacial score (nSPS) is 16.3. The SMILES string of the molecule is O=P(OF)(Oc1ccccc1F)OC(F)C(F)F. The number of halogens is 5. The Bertz CT molecular complexity index is 443. The van der Waals surface area contributed by atoms with Gasteiger partial charge in [-0.1, -0.05) is 16.9 Å². The van der Waals surface area contributed by atoms with Crippen molar-refractivity contribution in [1.29, 1.82) is 0 Å². The van der Waals surface area contributed by atoms with Crippen LogP contribution in [0.3, 0.4) is 0 Å². The maximum atomic E-state index is 13.0. The summed E-state index contributed by atoms with van der Waals surface area (Å²) in [5.74, 6) is -1.90. The minimum absolute atomic E-state index is 0.806. The van der Waals surface area contributed by atoms with Gasteiger partial charge in [0.25, 0.3) is 12.8 Å². The Morgan fingerprint density at radius 1 is 1.17 bits per heavy atom. The van der Waals surface area contributed by atoms with Gasteiger partial charge in [-0.3, -0.25) is 0 Å². The molecule has 0 saturated heterocycles. The lowest BCUT2D eigenvalue weighted by molar-refractivity contribution is -0.112. The number of phosphoric ester groups is 1. The third-order valence-electron chi connectivity index (χ3n) is 1.56. The summed E-state index contributed by atoms with van der Waals surface area (Å²) in [6.07, 6.45) is -7.10. The van der Waals surface area contributed by atoms with Crippen LogP contribution >= 0.6 is 7.82 Å². The Balaban J connectivity index is 2.83. The predicted molar refractivity (Wildman–Crippen MR) is 48.8 cm³/mol. The minimum atomic E-state index is -5.32. The molecule has 0 aliphatic rings. The highest BCUT2D eigenvalue weighted by Crippen LogP contribution is 2.52. The number of alkyl halides is 3. The van der Waals surface area contributed by atoms with E-state index in [4.69, 9.17) is 0 Å². The average Bonchev–Trinajstić information content (AvgIpc) is 2.32. The van der Waals surface area contributed by atoms with Crippen LogP contribution in [0.4, 0.5) is 22.1 Å². The predicted octanol–water partition coefficient (Wildman–Crippen LogP) is 3.79. The molecular weight excluding hydrogens is 286 g/mol. The number of benzene rings is 1. The molecule has 102 valence electrons. The standard InChI is InChI=1S/C8H6F5O4P/c9-5-3-1-2-4-6(5)15-18(14,17-13)16-8(12)7(10)11/h1-4,7-8H. The van der Waals surface area contributed by atoms with Crippen molar-refractivity contribution < 1.29 is 40.4 Å². The molecule has 0 spiro atoms. The molecule has 0 saturated carbocycles. The number of rotatable bonds is 6. The largest absolute Gasteiger partial charge is 0.564 e. The zero-order chi connectivity index (χ0) is 13.8. The van der Waals surface area contributed by atoms with E-state index in [1.165, 1.54) is 12.1 Å². The van der Waals surface area contributed by atoms with Crippen molar-refractivity contribution in [2.75, 3.05) is 0 Å². The van der Waals surface area contributed by atoms with Gasteiger partial charge in [-0.15, -0.1) is 0 Å². The van der Waals surface area contributed by atoms with Gasteiger partial charge in [-0.25, -0.2) is 26.7 Å². The van der Waals surface area contributed by atoms with E-state index < -0.39 is 32.2 Å². The summed E-state index contributed by atoms with van der Waals surface area (Å²) >= 11 is 0. The molecule has 0 fully saturated rings. The molecule has 1 aromatic carbocycles.